The highest BCUT2D eigenvalue weighted by molar-refractivity contribution is 5.11. The van der Waals surface area contributed by atoms with Gasteiger partial charge in [-0.25, -0.2) is 0 Å². The Bertz CT molecular complexity index is 165. The van der Waals surface area contributed by atoms with Gasteiger partial charge in [-0.3, -0.25) is 0 Å². The van der Waals surface area contributed by atoms with E-state index in [1.165, 1.54) is 0 Å². The standard InChI is InChI=1S/C4F7/c5-1(2(6)7)4(10,11)3(8)9. The van der Waals surface area contributed by atoms with Gasteiger partial charge in [-0.1, -0.05) is 0 Å². The van der Waals surface area contributed by atoms with E-state index in [1.54, 1.807) is 0 Å². The molecule has 7 heteroatoms. The first-order valence-electron chi connectivity index (χ1n) is 2.07. The van der Waals surface area contributed by atoms with Crippen molar-refractivity contribution in [2.75, 3.05) is 0 Å². The first-order valence-corrected chi connectivity index (χ1v) is 2.07. The summed E-state index contributed by atoms with van der Waals surface area (Å²) in [4.78, 5) is 0. The van der Waals surface area contributed by atoms with Crippen molar-refractivity contribution < 1.29 is 30.7 Å². The van der Waals surface area contributed by atoms with Gasteiger partial charge in [-0.05, 0) is 0 Å². The van der Waals surface area contributed by atoms with Crippen LogP contribution in [0.4, 0.5) is 30.7 Å². The van der Waals surface area contributed by atoms with E-state index in [0.717, 1.165) is 0 Å². The van der Waals surface area contributed by atoms with E-state index in [0.29, 0.717) is 0 Å². The third-order valence-electron chi connectivity index (χ3n) is 0.679. The summed E-state index contributed by atoms with van der Waals surface area (Å²) in [7, 11) is 0. The van der Waals surface area contributed by atoms with Crippen LogP contribution in [0.5, 0.6) is 0 Å². The lowest BCUT2D eigenvalue weighted by atomic mass is 10.3. The van der Waals surface area contributed by atoms with Gasteiger partial charge in [0.05, 0.1) is 0 Å². The molecule has 0 saturated carbocycles. The maximum absolute atomic E-state index is 11.5. The van der Waals surface area contributed by atoms with Crippen molar-refractivity contribution in [1.82, 2.24) is 0 Å². The fourth-order valence-electron chi connectivity index (χ4n) is 0.202. The maximum atomic E-state index is 11.5. The molecule has 0 amide bonds. The van der Waals surface area contributed by atoms with Gasteiger partial charge in [0, 0.05) is 0 Å². The molecule has 0 aliphatic carbocycles. The highest BCUT2D eigenvalue weighted by Gasteiger charge is 2.50. The summed E-state index contributed by atoms with van der Waals surface area (Å²) in [5.41, 5.74) is 0. The molecule has 0 aromatic heterocycles. The molecule has 0 saturated heterocycles. The second-order valence-electron chi connectivity index (χ2n) is 1.41. The van der Waals surface area contributed by atoms with Gasteiger partial charge in [0.25, 0.3) is 0 Å². The van der Waals surface area contributed by atoms with Crippen LogP contribution in [0.25, 0.3) is 0 Å². The number of allylic oxidation sites excluding steroid dienone is 1. The highest BCUT2D eigenvalue weighted by Crippen LogP contribution is 2.38. The summed E-state index contributed by atoms with van der Waals surface area (Å²) in [5, 5.41) is 0. The maximum Gasteiger partial charge on any atom is 0.385 e. The highest BCUT2D eigenvalue weighted by atomic mass is 19.3. The number of alkyl halides is 2. The molecule has 0 nitrogen and oxygen atoms in total. The van der Waals surface area contributed by atoms with Crippen LogP contribution in [0.1, 0.15) is 0 Å². The van der Waals surface area contributed by atoms with Crippen LogP contribution in [-0.4, -0.2) is 5.92 Å². The lowest BCUT2D eigenvalue weighted by Gasteiger charge is -2.09. The van der Waals surface area contributed by atoms with Crippen LogP contribution in [-0.2, 0) is 0 Å². The van der Waals surface area contributed by atoms with Crippen LogP contribution < -0.4 is 0 Å². The van der Waals surface area contributed by atoms with Gasteiger partial charge in [-0.2, -0.15) is 30.7 Å². The van der Waals surface area contributed by atoms with E-state index in [-0.39, 0.29) is 0 Å². The van der Waals surface area contributed by atoms with E-state index in [4.69, 9.17) is 0 Å². The predicted molar refractivity (Wildman–Crippen MR) is 20.8 cm³/mol. The largest absolute Gasteiger partial charge is 0.385 e. The zero-order valence-electron chi connectivity index (χ0n) is 4.65. The molecule has 0 spiro atoms. The topological polar surface area (TPSA) is 0 Å². The Hall–Kier alpha value is -0.750. The van der Waals surface area contributed by atoms with E-state index >= 15 is 0 Å². The molecule has 0 heterocycles. The lowest BCUT2D eigenvalue weighted by molar-refractivity contribution is -0.0482. The third-order valence-corrected chi connectivity index (χ3v) is 0.679. The van der Waals surface area contributed by atoms with Crippen molar-refractivity contribution in [3.8, 4) is 0 Å². The van der Waals surface area contributed by atoms with Crippen LogP contribution in [0.2, 0.25) is 0 Å². The number of hydrogen-bond donors (Lipinski definition) is 0. The predicted octanol–water partition coefficient (Wildman–Crippen LogP) is 3.13. The number of halogens is 7. The summed E-state index contributed by atoms with van der Waals surface area (Å²) in [5.74, 6) is -8.89. The van der Waals surface area contributed by atoms with Crippen molar-refractivity contribution in [3.63, 3.8) is 0 Å². The van der Waals surface area contributed by atoms with Gasteiger partial charge in [0.1, 0.15) is 0 Å². The van der Waals surface area contributed by atoms with Gasteiger partial charge >= 0.3 is 18.4 Å². The molecule has 1 radical (unpaired) electrons. The second-order valence-corrected chi connectivity index (χ2v) is 1.41. The van der Waals surface area contributed by atoms with Gasteiger partial charge in [0.15, 0.2) is 0 Å². The fourth-order valence-corrected chi connectivity index (χ4v) is 0.202. The Kier molecular flexibility index (Phi) is 2.89. The summed E-state index contributed by atoms with van der Waals surface area (Å²) >= 11 is 0. The Balaban J connectivity index is 4.70. The minimum Gasteiger partial charge on any atom is -0.199 e. The molecular formula is C4F7. The molecule has 65 valence electrons. The molecule has 0 aromatic rings. The monoisotopic (exact) mass is 181 g/mol. The van der Waals surface area contributed by atoms with Crippen LogP contribution in [0, 0.1) is 6.43 Å². The molecule has 0 rings (SSSR count). The van der Waals surface area contributed by atoms with Crippen molar-refractivity contribution in [3.05, 3.63) is 18.3 Å². The van der Waals surface area contributed by atoms with Gasteiger partial charge < -0.3 is 0 Å². The smallest absolute Gasteiger partial charge is 0.199 e. The minimum absolute atomic E-state index is 3.42. The zero-order chi connectivity index (χ0) is 9.23. The molecule has 11 heavy (non-hydrogen) atoms. The van der Waals surface area contributed by atoms with Crippen molar-refractivity contribution in [2.45, 2.75) is 5.92 Å². The van der Waals surface area contributed by atoms with Crippen molar-refractivity contribution >= 4 is 0 Å². The van der Waals surface area contributed by atoms with E-state index in [9.17, 15) is 30.7 Å². The van der Waals surface area contributed by atoms with Crippen molar-refractivity contribution in [1.29, 1.82) is 0 Å². The third kappa shape index (κ3) is 2.09. The lowest BCUT2D eigenvalue weighted by Crippen LogP contribution is -2.21. The molecular weight excluding hydrogens is 181 g/mol. The van der Waals surface area contributed by atoms with E-state index < -0.39 is 24.3 Å². The Labute approximate surface area is 56.3 Å². The molecule has 0 unspecified atom stereocenters. The van der Waals surface area contributed by atoms with Gasteiger partial charge in [0.2, 0.25) is 5.83 Å². The first kappa shape index (κ1) is 10.2. The SMILES string of the molecule is F[C](F)C(F)(F)C(F)=C(F)F. The van der Waals surface area contributed by atoms with Crippen LogP contribution >= 0.6 is 0 Å². The fraction of sp³-hybridized carbons (Fsp3) is 0.250. The number of rotatable bonds is 2. The quantitative estimate of drug-likeness (QED) is 0.574. The Morgan fingerprint density at radius 1 is 0.818 bits per heavy atom. The Morgan fingerprint density at radius 2 is 1.18 bits per heavy atom. The molecule has 0 fully saturated rings. The Morgan fingerprint density at radius 3 is 1.27 bits per heavy atom. The number of hydrogen-bond acceptors (Lipinski definition) is 0. The molecule has 0 aliphatic heterocycles. The summed E-state index contributed by atoms with van der Waals surface area (Å²) in [6.07, 6.45) is -7.16. The zero-order valence-corrected chi connectivity index (χ0v) is 4.65. The average Bonchev–Trinajstić information content (AvgIpc) is 1.85. The molecule has 0 aromatic carbocycles. The average molecular weight is 181 g/mol. The van der Waals surface area contributed by atoms with E-state index in [1.807, 2.05) is 0 Å². The van der Waals surface area contributed by atoms with Crippen LogP contribution in [0.15, 0.2) is 11.9 Å². The van der Waals surface area contributed by atoms with Crippen molar-refractivity contribution in [2.24, 2.45) is 0 Å². The molecule has 0 bridgehead atoms. The molecule has 0 aliphatic rings. The molecule has 0 atom stereocenters. The molecule has 0 N–H and O–H groups in total. The minimum atomic E-state index is -5.47. The first-order chi connectivity index (χ1) is 4.80. The summed E-state index contributed by atoms with van der Waals surface area (Å²) < 4.78 is 78.3. The van der Waals surface area contributed by atoms with Crippen LogP contribution in [0.3, 0.4) is 0 Å². The summed E-state index contributed by atoms with van der Waals surface area (Å²) in [6.45, 7) is 0. The van der Waals surface area contributed by atoms with E-state index in [2.05, 4.69) is 0 Å². The van der Waals surface area contributed by atoms with Gasteiger partial charge in [-0.15, -0.1) is 0 Å². The second kappa shape index (κ2) is 3.10. The normalized spacial score (nSPS) is 12.0. The summed E-state index contributed by atoms with van der Waals surface area (Å²) in [6, 6.07) is 0.